The van der Waals surface area contributed by atoms with E-state index in [-0.39, 0.29) is 18.6 Å². The van der Waals surface area contributed by atoms with Gasteiger partial charge in [0.05, 0.1) is 6.54 Å². The molecule has 2 rings (SSSR count). The van der Waals surface area contributed by atoms with Crippen molar-refractivity contribution in [3.8, 4) is 0 Å². The third-order valence-electron chi connectivity index (χ3n) is 2.88. The van der Waals surface area contributed by atoms with E-state index in [2.05, 4.69) is 10.6 Å². The minimum Gasteiger partial charge on any atom is -0.462 e. The van der Waals surface area contributed by atoms with E-state index < -0.39 is 0 Å². The number of carbonyl (C=O) groups is 1. The molecular weight excluding hydrogens is 268 g/mol. The van der Waals surface area contributed by atoms with E-state index >= 15 is 0 Å². The Morgan fingerprint density at radius 1 is 1.24 bits per heavy atom. The maximum atomic E-state index is 11.9. The largest absolute Gasteiger partial charge is 0.462 e. The predicted octanol–water partition coefficient (Wildman–Crippen LogP) is 2.52. The number of aliphatic hydroxyl groups is 1. The molecule has 3 N–H and O–H groups in total. The van der Waals surface area contributed by atoms with Gasteiger partial charge in [0, 0.05) is 17.3 Å². The van der Waals surface area contributed by atoms with Gasteiger partial charge in [0.15, 0.2) is 0 Å². The van der Waals surface area contributed by atoms with Crippen molar-refractivity contribution in [3.63, 3.8) is 0 Å². The Kier molecular flexibility index (Phi) is 5.00. The van der Waals surface area contributed by atoms with Crippen molar-refractivity contribution >= 4 is 11.6 Å². The van der Waals surface area contributed by atoms with E-state index in [9.17, 15) is 4.79 Å². The fourth-order valence-corrected chi connectivity index (χ4v) is 1.91. The van der Waals surface area contributed by atoms with Crippen LogP contribution in [0.15, 0.2) is 40.8 Å². The van der Waals surface area contributed by atoms with Crippen molar-refractivity contribution in [3.05, 3.63) is 53.5 Å². The number of hydrogen-bond acceptors (Lipinski definition) is 4. The highest BCUT2D eigenvalue weighted by molar-refractivity contribution is 5.95. The highest BCUT2D eigenvalue weighted by Gasteiger charge is 2.07. The Hall–Kier alpha value is -2.27. The molecule has 1 heterocycles. The quantitative estimate of drug-likeness (QED) is 0.763. The molecule has 0 aliphatic carbocycles. The van der Waals surface area contributed by atoms with Crippen LogP contribution in [-0.2, 0) is 13.2 Å². The van der Waals surface area contributed by atoms with Crippen molar-refractivity contribution in [1.82, 2.24) is 5.32 Å². The molecule has 0 bridgehead atoms. The van der Waals surface area contributed by atoms with Crippen LogP contribution in [0, 0.1) is 0 Å². The first-order chi connectivity index (χ1) is 10.1. The number of nitrogens with one attached hydrogen (secondary N) is 2. The zero-order valence-electron chi connectivity index (χ0n) is 12.2. The Bertz CT molecular complexity index is 605. The van der Waals surface area contributed by atoms with E-state index in [0.717, 1.165) is 11.4 Å². The fraction of sp³-hybridized carbons (Fsp3) is 0.312. The SMILES string of the molecule is CC(C)NC(=O)c1cccc(NCc2ccc(CO)o2)c1. The molecule has 21 heavy (non-hydrogen) atoms. The molecule has 112 valence electrons. The minimum absolute atomic E-state index is 0.0887. The molecule has 5 nitrogen and oxygen atoms in total. The van der Waals surface area contributed by atoms with Gasteiger partial charge in [-0.25, -0.2) is 0 Å². The van der Waals surface area contributed by atoms with Crippen molar-refractivity contribution in [2.24, 2.45) is 0 Å². The topological polar surface area (TPSA) is 74.5 Å². The normalized spacial score (nSPS) is 10.7. The van der Waals surface area contributed by atoms with Crippen LogP contribution in [0.1, 0.15) is 35.7 Å². The van der Waals surface area contributed by atoms with Crippen LogP contribution in [0.5, 0.6) is 0 Å². The van der Waals surface area contributed by atoms with Crippen molar-refractivity contribution < 1.29 is 14.3 Å². The summed E-state index contributed by atoms with van der Waals surface area (Å²) in [5.74, 6) is 1.18. The molecule has 0 aliphatic rings. The summed E-state index contributed by atoms with van der Waals surface area (Å²) < 4.78 is 5.39. The lowest BCUT2D eigenvalue weighted by atomic mass is 10.1. The lowest BCUT2D eigenvalue weighted by molar-refractivity contribution is 0.0943. The predicted molar refractivity (Wildman–Crippen MR) is 81.0 cm³/mol. The molecule has 1 aromatic heterocycles. The average molecular weight is 288 g/mol. The summed E-state index contributed by atoms with van der Waals surface area (Å²) in [6.45, 7) is 4.24. The maximum absolute atomic E-state index is 11.9. The Labute approximate surface area is 124 Å². The van der Waals surface area contributed by atoms with E-state index in [1.54, 1.807) is 18.2 Å². The summed E-state index contributed by atoms with van der Waals surface area (Å²) in [6, 6.07) is 11.0. The van der Waals surface area contributed by atoms with Gasteiger partial charge < -0.3 is 20.2 Å². The van der Waals surface area contributed by atoms with E-state index in [0.29, 0.717) is 17.9 Å². The van der Waals surface area contributed by atoms with Gasteiger partial charge in [0.2, 0.25) is 0 Å². The molecular formula is C16H20N2O3. The average Bonchev–Trinajstić information content (AvgIpc) is 2.93. The van der Waals surface area contributed by atoms with Crippen molar-refractivity contribution in [2.45, 2.75) is 33.0 Å². The van der Waals surface area contributed by atoms with Crippen LogP contribution in [0.25, 0.3) is 0 Å². The third kappa shape index (κ3) is 4.36. The minimum atomic E-state index is -0.106. The Morgan fingerprint density at radius 2 is 2.00 bits per heavy atom. The number of anilines is 1. The summed E-state index contributed by atoms with van der Waals surface area (Å²) in [5, 5.41) is 15.0. The standard InChI is InChI=1S/C16H20N2O3/c1-11(2)18-16(20)12-4-3-5-13(8-12)17-9-14-6-7-15(10-19)21-14/h3-8,11,17,19H,9-10H2,1-2H3,(H,18,20). The van der Waals surface area contributed by atoms with Gasteiger partial charge >= 0.3 is 0 Å². The number of benzene rings is 1. The van der Waals surface area contributed by atoms with Crippen molar-refractivity contribution in [1.29, 1.82) is 0 Å². The Balaban J connectivity index is 1.99. The molecule has 0 saturated carbocycles. The summed E-state index contributed by atoms with van der Waals surface area (Å²) in [7, 11) is 0. The number of aliphatic hydroxyl groups excluding tert-OH is 1. The monoisotopic (exact) mass is 288 g/mol. The summed E-state index contributed by atoms with van der Waals surface area (Å²) in [6.07, 6.45) is 0. The number of hydrogen-bond donors (Lipinski definition) is 3. The molecule has 0 radical (unpaired) electrons. The highest BCUT2D eigenvalue weighted by Crippen LogP contribution is 2.14. The smallest absolute Gasteiger partial charge is 0.251 e. The second-order valence-electron chi connectivity index (χ2n) is 5.09. The van der Waals surface area contributed by atoms with Gasteiger partial charge in [-0.3, -0.25) is 4.79 Å². The molecule has 1 aromatic carbocycles. The molecule has 1 amide bonds. The highest BCUT2D eigenvalue weighted by atomic mass is 16.4. The molecule has 0 fully saturated rings. The molecule has 0 atom stereocenters. The van der Waals surface area contributed by atoms with Crippen LogP contribution in [-0.4, -0.2) is 17.1 Å². The lowest BCUT2D eigenvalue weighted by Crippen LogP contribution is -2.30. The first-order valence-corrected chi connectivity index (χ1v) is 6.91. The number of carbonyl (C=O) groups excluding carboxylic acids is 1. The van der Waals surface area contributed by atoms with Crippen LogP contribution >= 0.6 is 0 Å². The van der Waals surface area contributed by atoms with Gasteiger partial charge in [-0.2, -0.15) is 0 Å². The summed E-state index contributed by atoms with van der Waals surface area (Å²) in [5.41, 5.74) is 1.46. The molecule has 0 spiro atoms. The third-order valence-corrected chi connectivity index (χ3v) is 2.88. The van der Waals surface area contributed by atoms with Gasteiger partial charge in [-0.05, 0) is 44.2 Å². The zero-order chi connectivity index (χ0) is 15.2. The number of amides is 1. The van der Waals surface area contributed by atoms with E-state index in [1.165, 1.54) is 0 Å². The molecule has 5 heteroatoms. The Morgan fingerprint density at radius 3 is 2.67 bits per heavy atom. The van der Waals surface area contributed by atoms with E-state index in [4.69, 9.17) is 9.52 Å². The zero-order valence-corrected chi connectivity index (χ0v) is 12.2. The molecule has 0 saturated heterocycles. The van der Waals surface area contributed by atoms with Gasteiger partial charge in [0.1, 0.15) is 18.1 Å². The first-order valence-electron chi connectivity index (χ1n) is 6.91. The number of furan rings is 1. The maximum Gasteiger partial charge on any atom is 0.251 e. The van der Waals surface area contributed by atoms with Gasteiger partial charge in [-0.15, -0.1) is 0 Å². The summed E-state index contributed by atoms with van der Waals surface area (Å²) in [4.78, 5) is 11.9. The van der Waals surface area contributed by atoms with Crippen LogP contribution in [0.4, 0.5) is 5.69 Å². The van der Waals surface area contributed by atoms with Gasteiger partial charge in [-0.1, -0.05) is 6.07 Å². The fourth-order valence-electron chi connectivity index (χ4n) is 1.91. The number of rotatable bonds is 6. The molecule has 0 unspecified atom stereocenters. The van der Waals surface area contributed by atoms with Crippen LogP contribution in [0.2, 0.25) is 0 Å². The van der Waals surface area contributed by atoms with Crippen LogP contribution in [0.3, 0.4) is 0 Å². The summed E-state index contributed by atoms with van der Waals surface area (Å²) >= 11 is 0. The van der Waals surface area contributed by atoms with E-state index in [1.807, 2.05) is 32.0 Å². The van der Waals surface area contributed by atoms with Crippen molar-refractivity contribution in [2.75, 3.05) is 5.32 Å². The lowest BCUT2D eigenvalue weighted by Gasteiger charge is -2.10. The molecule has 0 aliphatic heterocycles. The first kappa shape index (κ1) is 15.1. The van der Waals surface area contributed by atoms with Gasteiger partial charge in [0.25, 0.3) is 5.91 Å². The molecule has 2 aromatic rings. The second kappa shape index (κ2) is 6.95. The second-order valence-corrected chi connectivity index (χ2v) is 5.09. The van der Waals surface area contributed by atoms with Crippen LogP contribution < -0.4 is 10.6 Å².